The summed E-state index contributed by atoms with van der Waals surface area (Å²) in [5.74, 6) is 0.888. The summed E-state index contributed by atoms with van der Waals surface area (Å²) in [5.41, 5.74) is 1.34. The molecule has 1 aromatic heterocycles. The average molecular weight is 265 g/mol. The van der Waals surface area contributed by atoms with Crippen LogP contribution in [0.4, 0.5) is 0 Å². The highest BCUT2D eigenvalue weighted by atomic mass is 32.1. The molecule has 1 N–H and O–H groups in total. The summed E-state index contributed by atoms with van der Waals surface area (Å²) in [6.07, 6.45) is 3.59. The maximum Gasteiger partial charge on any atom is 0.224 e. The fourth-order valence-electron chi connectivity index (χ4n) is 3.28. The average Bonchev–Trinajstić information content (AvgIpc) is 2.77. The molecule has 100 valence electrons. The van der Waals surface area contributed by atoms with Crippen LogP contribution in [0.5, 0.6) is 0 Å². The van der Waals surface area contributed by atoms with Gasteiger partial charge in [-0.1, -0.05) is 27.2 Å². The molecule has 0 bridgehead atoms. The van der Waals surface area contributed by atoms with E-state index in [-0.39, 0.29) is 17.2 Å². The Kier molecular flexibility index (Phi) is 4.10. The van der Waals surface area contributed by atoms with E-state index in [0.717, 1.165) is 6.42 Å². The summed E-state index contributed by atoms with van der Waals surface area (Å²) < 4.78 is 0. The summed E-state index contributed by atoms with van der Waals surface area (Å²) in [6, 6.07) is 2.07. The highest BCUT2D eigenvalue weighted by Gasteiger charge is 2.41. The van der Waals surface area contributed by atoms with Gasteiger partial charge in [-0.25, -0.2) is 0 Å². The first-order valence-electron chi connectivity index (χ1n) is 6.79. The molecule has 2 rings (SSSR count). The van der Waals surface area contributed by atoms with Gasteiger partial charge < -0.3 is 5.32 Å². The van der Waals surface area contributed by atoms with Gasteiger partial charge >= 0.3 is 0 Å². The molecule has 1 aliphatic rings. The number of carbonyl (C=O) groups excluding carboxylic acids is 1. The Balaban J connectivity index is 1.98. The van der Waals surface area contributed by atoms with Gasteiger partial charge in [0.25, 0.3) is 0 Å². The van der Waals surface area contributed by atoms with Crippen LogP contribution in [-0.2, 0) is 11.3 Å². The molecule has 2 nitrogen and oxygen atoms in total. The Morgan fingerprint density at radius 1 is 1.56 bits per heavy atom. The third-order valence-electron chi connectivity index (χ3n) is 4.22. The fraction of sp³-hybridized carbons (Fsp3) is 0.667. The van der Waals surface area contributed by atoms with Crippen molar-refractivity contribution in [2.24, 2.45) is 17.3 Å². The van der Waals surface area contributed by atoms with E-state index in [0.29, 0.717) is 12.5 Å². The normalized spacial score (nSPS) is 26.8. The van der Waals surface area contributed by atoms with Gasteiger partial charge in [-0.2, -0.15) is 11.3 Å². The Morgan fingerprint density at radius 2 is 2.33 bits per heavy atom. The van der Waals surface area contributed by atoms with Crippen LogP contribution in [-0.4, -0.2) is 5.91 Å². The van der Waals surface area contributed by atoms with Crippen LogP contribution in [0.1, 0.15) is 45.6 Å². The molecular formula is C15H23NOS. The number of amides is 1. The van der Waals surface area contributed by atoms with Crippen LogP contribution in [0.3, 0.4) is 0 Å². The highest BCUT2D eigenvalue weighted by Crippen LogP contribution is 2.43. The van der Waals surface area contributed by atoms with Crippen LogP contribution in [0.15, 0.2) is 16.8 Å². The third-order valence-corrected chi connectivity index (χ3v) is 4.95. The number of hydrogen-bond acceptors (Lipinski definition) is 2. The Bertz CT molecular complexity index is 397. The highest BCUT2D eigenvalue weighted by molar-refractivity contribution is 7.07. The monoisotopic (exact) mass is 265 g/mol. The zero-order valence-corrected chi connectivity index (χ0v) is 12.3. The molecule has 0 aliphatic heterocycles. The van der Waals surface area contributed by atoms with Crippen LogP contribution < -0.4 is 5.32 Å². The van der Waals surface area contributed by atoms with Gasteiger partial charge in [-0.05, 0) is 46.6 Å². The Hall–Kier alpha value is -0.830. The van der Waals surface area contributed by atoms with Crippen molar-refractivity contribution in [1.82, 2.24) is 5.32 Å². The molecule has 3 heteroatoms. The summed E-state index contributed by atoms with van der Waals surface area (Å²) in [4.78, 5) is 12.4. The van der Waals surface area contributed by atoms with E-state index < -0.39 is 0 Å². The standard InChI is InChI=1S/C15H23NOS/c1-11-5-4-7-15(2,3)13(11)14(17)16-9-12-6-8-18-10-12/h6,8,10-11,13H,4-5,7,9H2,1-3H3,(H,16,17). The summed E-state index contributed by atoms with van der Waals surface area (Å²) in [5, 5.41) is 7.25. The minimum atomic E-state index is 0.135. The maximum atomic E-state index is 12.4. The molecule has 1 aromatic rings. The number of hydrogen-bond donors (Lipinski definition) is 1. The SMILES string of the molecule is CC1CCCC(C)(C)C1C(=O)NCc1ccsc1. The smallest absolute Gasteiger partial charge is 0.224 e. The van der Waals surface area contributed by atoms with Crippen LogP contribution in [0, 0.1) is 17.3 Å². The third kappa shape index (κ3) is 2.94. The quantitative estimate of drug-likeness (QED) is 0.884. The molecule has 1 saturated carbocycles. The van der Waals surface area contributed by atoms with Crippen LogP contribution in [0.25, 0.3) is 0 Å². The fourth-order valence-corrected chi connectivity index (χ4v) is 3.95. The van der Waals surface area contributed by atoms with Crippen LogP contribution >= 0.6 is 11.3 Å². The van der Waals surface area contributed by atoms with Crippen LogP contribution in [0.2, 0.25) is 0 Å². The number of carbonyl (C=O) groups is 1. The predicted octanol–water partition coefficient (Wildman–Crippen LogP) is 3.83. The molecule has 1 heterocycles. The van der Waals surface area contributed by atoms with E-state index in [9.17, 15) is 4.79 Å². The maximum absolute atomic E-state index is 12.4. The van der Waals surface area contributed by atoms with Crippen molar-refractivity contribution in [2.45, 2.75) is 46.6 Å². The van der Waals surface area contributed by atoms with Gasteiger partial charge in [-0.15, -0.1) is 0 Å². The minimum Gasteiger partial charge on any atom is -0.352 e. The van der Waals surface area contributed by atoms with Gasteiger partial charge in [-0.3, -0.25) is 4.79 Å². The Morgan fingerprint density at radius 3 is 2.94 bits per heavy atom. The largest absolute Gasteiger partial charge is 0.352 e. The number of rotatable bonds is 3. The van der Waals surface area contributed by atoms with Crippen molar-refractivity contribution in [3.63, 3.8) is 0 Å². The first-order chi connectivity index (χ1) is 8.50. The first kappa shape index (κ1) is 13.6. The molecule has 1 amide bonds. The molecule has 0 radical (unpaired) electrons. The van der Waals surface area contributed by atoms with E-state index in [2.05, 4.69) is 42.9 Å². The lowest BCUT2D eigenvalue weighted by Gasteiger charge is -2.41. The predicted molar refractivity (Wildman–Crippen MR) is 76.5 cm³/mol. The second kappa shape index (κ2) is 5.43. The molecule has 1 aliphatic carbocycles. The topological polar surface area (TPSA) is 29.1 Å². The van der Waals surface area contributed by atoms with Gasteiger partial charge in [0.2, 0.25) is 5.91 Å². The van der Waals surface area contributed by atoms with E-state index in [1.165, 1.54) is 18.4 Å². The summed E-state index contributed by atoms with van der Waals surface area (Å²) in [7, 11) is 0. The molecule has 0 aromatic carbocycles. The second-order valence-electron chi connectivity index (χ2n) is 6.19. The van der Waals surface area contributed by atoms with E-state index in [1.807, 2.05) is 0 Å². The van der Waals surface area contributed by atoms with Gasteiger partial charge in [0.05, 0.1) is 0 Å². The van der Waals surface area contributed by atoms with Crippen molar-refractivity contribution in [3.05, 3.63) is 22.4 Å². The molecule has 0 spiro atoms. The van der Waals surface area contributed by atoms with Gasteiger partial charge in [0.15, 0.2) is 0 Å². The lowest BCUT2D eigenvalue weighted by molar-refractivity contribution is -0.133. The lowest BCUT2D eigenvalue weighted by atomic mass is 9.64. The second-order valence-corrected chi connectivity index (χ2v) is 6.97. The van der Waals surface area contributed by atoms with E-state index in [4.69, 9.17) is 0 Å². The molecular weight excluding hydrogens is 242 g/mol. The Labute approximate surface area is 114 Å². The minimum absolute atomic E-state index is 0.135. The van der Waals surface area contributed by atoms with Gasteiger partial charge in [0, 0.05) is 12.5 Å². The number of nitrogens with one attached hydrogen (secondary N) is 1. The summed E-state index contributed by atoms with van der Waals surface area (Å²) in [6.45, 7) is 7.35. The number of thiophene rings is 1. The van der Waals surface area contributed by atoms with Crippen molar-refractivity contribution < 1.29 is 4.79 Å². The molecule has 0 saturated heterocycles. The van der Waals surface area contributed by atoms with E-state index in [1.54, 1.807) is 11.3 Å². The molecule has 1 fully saturated rings. The first-order valence-corrected chi connectivity index (χ1v) is 7.74. The molecule has 2 atom stereocenters. The molecule has 2 unspecified atom stereocenters. The van der Waals surface area contributed by atoms with Crippen molar-refractivity contribution in [1.29, 1.82) is 0 Å². The van der Waals surface area contributed by atoms with Gasteiger partial charge in [0.1, 0.15) is 0 Å². The van der Waals surface area contributed by atoms with Crippen molar-refractivity contribution in [2.75, 3.05) is 0 Å². The lowest BCUT2D eigenvalue weighted by Crippen LogP contribution is -2.44. The zero-order valence-electron chi connectivity index (χ0n) is 11.5. The van der Waals surface area contributed by atoms with Crippen molar-refractivity contribution in [3.8, 4) is 0 Å². The zero-order chi connectivity index (χ0) is 13.2. The summed E-state index contributed by atoms with van der Waals surface area (Å²) >= 11 is 1.68. The van der Waals surface area contributed by atoms with Crippen molar-refractivity contribution >= 4 is 17.2 Å². The van der Waals surface area contributed by atoms with E-state index >= 15 is 0 Å². The molecule has 18 heavy (non-hydrogen) atoms.